The van der Waals surface area contributed by atoms with Gasteiger partial charge in [0.25, 0.3) is 0 Å². The van der Waals surface area contributed by atoms with Gasteiger partial charge in [0.05, 0.1) is 6.54 Å². The molecule has 0 radical (unpaired) electrons. The summed E-state index contributed by atoms with van der Waals surface area (Å²) >= 11 is 1.53. The van der Waals surface area contributed by atoms with Crippen molar-refractivity contribution in [3.63, 3.8) is 0 Å². The number of rotatable bonds is 5. The zero-order valence-corrected chi connectivity index (χ0v) is 12.4. The van der Waals surface area contributed by atoms with Gasteiger partial charge in [0.1, 0.15) is 5.60 Å². The van der Waals surface area contributed by atoms with Crippen molar-refractivity contribution in [3.05, 3.63) is 52.7 Å². The van der Waals surface area contributed by atoms with Crippen LogP contribution < -0.4 is 10.6 Å². The van der Waals surface area contributed by atoms with E-state index in [9.17, 15) is 9.90 Å². The molecule has 1 atom stereocenters. The van der Waals surface area contributed by atoms with Crippen molar-refractivity contribution in [2.75, 3.05) is 11.9 Å². The number of aliphatic hydroxyl groups is 1. The summed E-state index contributed by atoms with van der Waals surface area (Å²) in [5.74, 6) is 0.244. The Morgan fingerprint density at radius 2 is 2.00 bits per heavy atom. The third-order valence-corrected chi connectivity index (χ3v) is 4.79. The van der Waals surface area contributed by atoms with Crippen molar-refractivity contribution >= 4 is 23.1 Å². The fourth-order valence-corrected chi connectivity index (χ4v) is 3.33. The number of hydrogen-bond acceptors (Lipinski definition) is 3. The summed E-state index contributed by atoms with van der Waals surface area (Å²) in [6, 6.07) is 12.8. The highest BCUT2D eigenvalue weighted by atomic mass is 32.1. The van der Waals surface area contributed by atoms with Gasteiger partial charge in [-0.3, -0.25) is 0 Å². The molecule has 2 aromatic rings. The fourth-order valence-electron chi connectivity index (χ4n) is 2.43. The van der Waals surface area contributed by atoms with Gasteiger partial charge < -0.3 is 15.7 Å². The molecule has 110 valence electrons. The highest BCUT2D eigenvalue weighted by Crippen LogP contribution is 2.46. The van der Waals surface area contributed by atoms with Crippen LogP contribution >= 0.6 is 11.3 Å². The molecule has 0 bridgehead atoms. The SMILES string of the molecule is O=C(NCC(O)(c1cccs1)C1CC1)Nc1ccccc1. The first-order valence-electron chi connectivity index (χ1n) is 7.05. The van der Waals surface area contributed by atoms with E-state index in [4.69, 9.17) is 0 Å². The van der Waals surface area contributed by atoms with Gasteiger partial charge in [-0.05, 0) is 42.3 Å². The molecule has 4 nitrogen and oxygen atoms in total. The first-order valence-corrected chi connectivity index (χ1v) is 7.93. The Balaban J connectivity index is 1.61. The summed E-state index contributed by atoms with van der Waals surface area (Å²) in [4.78, 5) is 12.9. The van der Waals surface area contributed by atoms with Crippen LogP contribution in [0.3, 0.4) is 0 Å². The van der Waals surface area contributed by atoms with Crippen molar-refractivity contribution in [1.82, 2.24) is 5.32 Å². The smallest absolute Gasteiger partial charge is 0.319 e. The first kappa shape index (κ1) is 14.1. The van der Waals surface area contributed by atoms with Gasteiger partial charge in [-0.2, -0.15) is 0 Å². The van der Waals surface area contributed by atoms with E-state index >= 15 is 0 Å². The van der Waals surface area contributed by atoms with Crippen LogP contribution in [-0.4, -0.2) is 17.7 Å². The summed E-state index contributed by atoms with van der Waals surface area (Å²) in [6.45, 7) is 0.233. The van der Waals surface area contributed by atoms with Crippen LogP contribution in [0.5, 0.6) is 0 Å². The lowest BCUT2D eigenvalue weighted by atomic mass is 9.96. The predicted octanol–water partition coefficient (Wildman–Crippen LogP) is 3.17. The molecule has 0 spiro atoms. The van der Waals surface area contributed by atoms with Crippen LogP contribution in [-0.2, 0) is 5.60 Å². The lowest BCUT2D eigenvalue weighted by molar-refractivity contribution is 0.0200. The molecular weight excluding hydrogens is 284 g/mol. The quantitative estimate of drug-likeness (QED) is 0.794. The van der Waals surface area contributed by atoms with Crippen molar-refractivity contribution in [2.45, 2.75) is 18.4 Å². The molecule has 1 aliphatic carbocycles. The minimum atomic E-state index is -0.942. The van der Waals surface area contributed by atoms with E-state index in [1.165, 1.54) is 11.3 Å². The summed E-state index contributed by atoms with van der Waals surface area (Å²) < 4.78 is 0. The van der Waals surface area contributed by atoms with Gasteiger partial charge >= 0.3 is 6.03 Å². The molecule has 0 saturated heterocycles. The van der Waals surface area contributed by atoms with E-state index < -0.39 is 5.60 Å². The van der Waals surface area contributed by atoms with E-state index in [2.05, 4.69) is 10.6 Å². The largest absolute Gasteiger partial charge is 0.382 e. The molecule has 3 N–H and O–H groups in total. The Kier molecular flexibility index (Phi) is 3.94. The highest BCUT2D eigenvalue weighted by Gasteiger charge is 2.45. The highest BCUT2D eigenvalue weighted by molar-refractivity contribution is 7.10. The number of urea groups is 1. The second kappa shape index (κ2) is 5.87. The topological polar surface area (TPSA) is 61.4 Å². The Bertz CT molecular complexity index is 596. The van der Waals surface area contributed by atoms with Gasteiger partial charge in [-0.15, -0.1) is 11.3 Å². The maximum absolute atomic E-state index is 11.9. The number of para-hydroxylation sites is 1. The summed E-state index contributed by atoms with van der Waals surface area (Å²) in [5, 5.41) is 18.4. The van der Waals surface area contributed by atoms with E-state index in [1.54, 1.807) is 0 Å². The Hall–Kier alpha value is -1.85. The molecule has 5 heteroatoms. The molecule has 1 heterocycles. The van der Waals surface area contributed by atoms with Crippen molar-refractivity contribution in [1.29, 1.82) is 0 Å². The number of thiophene rings is 1. The van der Waals surface area contributed by atoms with Gasteiger partial charge in [-0.25, -0.2) is 4.79 Å². The Morgan fingerprint density at radius 1 is 1.24 bits per heavy atom. The molecule has 1 unspecified atom stereocenters. The zero-order chi connectivity index (χ0) is 14.7. The molecule has 3 rings (SSSR count). The molecule has 1 saturated carbocycles. The molecule has 2 amide bonds. The molecular formula is C16H18N2O2S. The standard InChI is InChI=1S/C16H18N2O2S/c19-15(18-13-5-2-1-3-6-13)17-11-16(20,12-8-9-12)14-7-4-10-21-14/h1-7,10,12,20H,8-9,11H2,(H2,17,18,19). The minimum Gasteiger partial charge on any atom is -0.382 e. The van der Waals surface area contributed by atoms with Gasteiger partial charge in [-0.1, -0.05) is 24.3 Å². The molecule has 1 aromatic carbocycles. The molecule has 1 aliphatic rings. The third-order valence-electron chi connectivity index (χ3n) is 3.75. The number of nitrogens with one attached hydrogen (secondary N) is 2. The second-order valence-corrected chi connectivity index (χ2v) is 6.30. The van der Waals surface area contributed by atoms with Crippen LogP contribution in [0.1, 0.15) is 17.7 Å². The molecule has 21 heavy (non-hydrogen) atoms. The maximum Gasteiger partial charge on any atom is 0.319 e. The van der Waals surface area contributed by atoms with Crippen molar-refractivity contribution < 1.29 is 9.90 Å². The minimum absolute atomic E-state index is 0.233. The number of amides is 2. The number of anilines is 1. The van der Waals surface area contributed by atoms with Gasteiger partial charge in [0.15, 0.2) is 0 Å². The van der Waals surface area contributed by atoms with Crippen LogP contribution in [0.25, 0.3) is 0 Å². The van der Waals surface area contributed by atoms with Crippen molar-refractivity contribution in [3.8, 4) is 0 Å². The normalized spacial score (nSPS) is 17.0. The lowest BCUT2D eigenvalue weighted by Gasteiger charge is -2.27. The molecule has 1 aromatic heterocycles. The van der Waals surface area contributed by atoms with Crippen LogP contribution in [0.2, 0.25) is 0 Å². The van der Waals surface area contributed by atoms with E-state index in [0.29, 0.717) is 0 Å². The van der Waals surface area contributed by atoms with Crippen LogP contribution in [0.4, 0.5) is 10.5 Å². The monoisotopic (exact) mass is 302 g/mol. The second-order valence-electron chi connectivity index (χ2n) is 5.35. The number of hydrogen-bond donors (Lipinski definition) is 3. The third kappa shape index (κ3) is 3.25. The fraction of sp³-hybridized carbons (Fsp3) is 0.312. The first-order chi connectivity index (χ1) is 10.2. The lowest BCUT2D eigenvalue weighted by Crippen LogP contribution is -2.43. The molecule has 1 fully saturated rings. The molecule has 0 aliphatic heterocycles. The number of carbonyl (C=O) groups excluding carboxylic acids is 1. The zero-order valence-electron chi connectivity index (χ0n) is 11.6. The maximum atomic E-state index is 11.9. The van der Waals surface area contributed by atoms with Crippen molar-refractivity contribution in [2.24, 2.45) is 5.92 Å². The van der Waals surface area contributed by atoms with Crippen LogP contribution in [0, 0.1) is 5.92 Å². The summed E-state index contributed by atoms with van der Waals surface area (Å²) in [7, 11) is 0. The van der Waals surface area contributed by atoms with E-state index in [1.807, 2.05) is 47.8 Å². The van der Waals surface area contributed by atoms with Gasteiger partial charge in [0, 0.05) is 10.6 Å². The Morgan fingerprint density at radius 3 is 2.62 bits per heavy atom. The predicted molar refractivity (Wildman–Crippen MR) is 84.4 cm³/mol. The van der Waals surface area contributed by atoms with Gasteiger partial charge in [0.2, 0.25) is 0 Å². The summed E-state index contributed by atoms with van der Waals surface area (Å²) in [5.41, 5.74) is -0.205. The van der Waals surface area contributed by atoms with Crippen LogP contribution in [0.15, 0.2) is 47.8 Å². The average molecular weight is 302 g/mol. The van der Waals surface area contributed by atoms with E-state index in [0.717, 1.165) is 23.4 Å². The summed E-state index contributed by atoms with van der Waals surface area (Å²) in [6.07, 6.45) is 2.02. The van der Waals surface area contributed by atoms with E-state index in [-0.39, 0.29) is 18.5 Å². The Labute approximate surface area is 127 Å². The number of benzene rings is 1. The number of carbonyl (C=O) groups is 1. The average Bonchev–Trinajstić information content (AvgIpc) is 3.21.